The fraction of sp³-hybridized carbons (Fsp3) is 0.300. The van der Waals surface area contributed by atoms with Crippen LogP contribution in [0.3, 0.4) is 0 Å². The van der Waals surface area contributed by atoms with Crippen LogP contribution < -0.4 is 11.1 Å². The zero-order valence-corrected chi connectivity index (χ0v) is 8.41. The fourth-order valence-electron chi connectivity index (χ4n) is 1.26. The van der Waals surface area contributed by atoms with Crippen molar-refractivity contribution in [1.29, 1.82) is 0 Å². The molecule has 1 aromatic carbocycles. The molecule has 0 radical (unpaired) electrons. The lowest BCUT2D eigenvalue weighted by atomic mass is 10.1. The number of aliphatic hydroxyl groups excluding tert-OH is 1. The highest BCUT2D eigenvalue weighted by Gasteiger charge is 2.17. The van der Waals surface area contributed by atoms with Crippen LogP contribution in [0.5, 0.6) is 0 Å². The molecule has 0 aromatic heterocycles. The predicted molar refractivity (Wildman–Crippen MR) is 53.4 cm³/mol. The summed E-state index contributed by atoms with van der Waals surface area (Å²) in [6, 6.07) is 3.31. The predicted octanol–water partition coefficient (Wildman–Crippen LogP) is 0.0731. The van der Waals surface area contributed by atoms with Crippen LogP contribution >= 0.6 is 0 Å². The zero-order chi connectivity index (χ0) is 12.1. The lowest BCUT2D eigenvalue weighted by Crippen LogP contribution is -2.32. The van der Waals surface area contributed by atoms with Gasteiger partial charge in [0.1, 0.15) is 11.6 Å². The summed E-state index contributed by atoms with van der Waals surface area (Å²) in [5.41, 5.74) is 4.43. The molecule has 0 saturated heterocycles. The minimum absolute atomic E-state index is 0.152. The van der Waals surface area contributed by atoms with E-state index in [1.807, 2.05) is 0 Å². The van der Waals surface area contributed by atoms with Gasteiger partial charge in [-0.3, -0.25) is 4.79 Å². The van der Waals surface area contributed by atoms with Crippen molar-refractivity contribution in [2.45, 2.75) is 6.10 Å². The smallest absolute Gasteiger partial charge is 0.231 e. The molecule has 1 unspecified atom stereocenters. The number of aliphatic hydroxyl groups is 1. The fourth-order valence-corrected chi connectivity index (χ4v) is 1.26. The van der Waals surface area contributed by atoms with Crippen LogP contribution in [-0.2, 0) is 4.79 Å². The maximum atomic E-state index is 13.2. The van der Waals surface area contributed by atoms with Gasteiger partial charge in [-0.2, -0.15) is 0 Å². The van der Waals surface area contributed by atoms with Gasteiger partial charge < -0.3 is 16.2 Å². The first kappa shape index (κ1) is 12.5. The van der Waals surface area contributed by atoms with Gasteiger partial charge in [-0.1, -0.05) is 6.07 Å². The van der Waals surface area contributed by atoms with E-state index in [9.17, 15) is 18.7 Å². The number of benzene rings is 1. The lowest BCUT2D eigenvalue weighted by molar-refractivity contribution is -0.117. The van der Waals surface area contributed by atoms with Gasteiger partial charge >= 0.3 is 0 Å². The summed E-state index contributed by atoms with van der Waals surface area (Å²) in [4.78, 5) is 10.4. The Morgan fingerprint density at radius 3 is 2.50 bits per heavy atom. The molecular weight excluding hydrogens is 218 g/mol. The highest BCUT2D eigenvalue weighted by Crippen LogP contribution is 2.19. The molecule has 0 spiro atoms. The number of rotatable bonds is 5. The molecule has 4 nitrogen and oxygen atoms in total. The Morgan fingerprint density at radius 2 is 2.00 bits per heavy atom. The van der Waals surface area contributed by atoms with E-state index in [1.54, 1.807) is 0 Å². The van der Waals surface area contributed by atoms with Crippen molar-refractivity contribution in [2.24, 2.45) is 5.73 Å². The van der Waals surface area contributed by atoms with E-state index in [1.165, 1.54) is 6.07 Å². The molecule has 0 heterocycles. The summed E-state index contributed by atoms with van der Waals surface area (Å²) in [6.45, 7) is -0.312. The maximum absolute atomic E-state index is 13.2. The molecular formula is C10H12F2N2O2. The first-order valence-corrected chi connectivity index (χ1v) is 4.63. The van der Waals surface area contributed by atoms with Crippen LogP contribution in [0.25, 0.3) is 0 Å². The van der Waals surface area contributed by atoms with E-state index in [2.05, 4.69) is 5.32 Å². The van der Waals surface area contributed by atoms with E-state index >= 15 is 0 Å². The van der Waals surface area contributed by atoms with Gasteiger partial charge in [0.15, 0.2) is 0 Å². The second kappa shape index (κ2) is 5.53. The molecule has 1 rings (SSSR count). The highest BCUT2D eigenvalue weighted by molar-refractivity contribution is 5.75. The molecule has 0 bridgehead atoms. The lowest BCUT2D eigenvalue weighted by Gasteiger charge is -2.12. The van der Waals surface area contributed by atoms with Crippen molar-refractivity contribution >= 4 is 5.91 Å². The number of hydrogen-bond acceptors (Lipinski definition) is 3. The molecule has 0 fully saturated rings. The van der Waals surface area contributed by atoms with E-state index < -0.39 is 29.2 Å². The quantitative estimate of drug-likeness (QED) is 0.670. The monoisotopic (exact) mass is 230 g/mol. The SMILES string of the molecule is NC(=O)CNCC(O)c1c(F)cccc1F. The molecule has 0 saturated carbocycles. The van der Waals surface area contributed by atoms with Gasteiger partial charge in [0.05, 0.1) is 18.2 Å². The number of carbonyl (C=O) groups is 1. The minimum atomic E-state index is -1.36. The largest absolute Gasteiger partial charge is 0.387 e. The van der Waals surface area contributed by atoms with Gasteiger partial charge in [0.2, 0.25) is 5.91 Å². The first-order chi connectivity index (χ1) is 7.52. The van der Waals surface area contributed by atoms with E-state index in [0.29, 0.717) is 0 Å². The molecule has 0 aliphatic carbocycles. The van der Waals surface area contributed by atoms with Gasteiger partial charge in [-0.05, 0) is 12.1 Å². The summed E-state index contributed by atoms with van der Waals surface area (Å²) >= 11 is 0. The molecule has 88 valence electrons. The minimum Gasteiger partial charge on any atom is -0.387 e. The van der Waals surface area contributed by atoms with E-state index in [0.717, 1.165) is 12.1 Å². The molecule has 1 atom stereocenters. The topological polar surface area (TPSA) is 75.4 Å². The third-order valence-corrected chi connectivity index (χ3v) is 1.97. The summed E-state index contributed by atoms with van der Waals surface area (Å²) < 4.78 is 26.3. The molecule has 1 amide bonds. The average Bonchev–Trinajstić information content (AvgIpc) is 2.16. The summed E-state index contributed by atoms with van der Waals surface area (Å²) in [5.74, 6) is -2.26. The van der Waals surface area contributed by atoms with Gasteiger partial charge in [-0.25, -0.2) is 8.78 Å². The Morgan fingerprint density at radius 1 is 1.44 bits per heavy atom. The van der Waals surface area contributed by atoms with E-state index in [-0.39, 0.29) is 13.1 Å². The summed E-state index contributed by atoms with van der Waals surface area (Å²) in [6.07, 6.45) is -1.36. The Balaban J connectivity index is 2.65. The second-order valence-electron chi connectivity index (χ2n) is 3.25. The Labute approximate surface area is 91.1 Å². The number of primary amides is 1. The van der Waals surface area contributed by atoms with Crippen LogP contribution in [-0.4, -0.2) is 24.1 Å². The van der Waals surface area contributed by atoms with Gasteiger partial charge in [0, 0.05) is 6.54 Å². The molecule has 1 aromatic rings. The number of carbonyl (C=O) groups excluding carboxylic acids is 1. The third kappa shape index (κ3) is 3.25. The summed E-state index contributed by atoms with van der Waals surface area (Å²) in [7, 11) is 0. The van der Waals surface area contributed by atoms with Crippen LogP contribution in [0, 0.1) is 11.6 Å². The Kier molecular flexibility index (Phi) is 4.33. The maximum Gasteiger partial charge on any atom is 0.231 e. The second-order valence-corrected chi connectivity index (χ2v) is 3.25. The van der Waals surface area contributed by atoms with Crippen molar-refractivity contribution in [1.82, 2.24) is 5.32 Å². The highest BCUT2D eigenvalue weighted by atomic mass is 19.1. The van der Waals surface area contributed by atoms with Crippen LogP contribution in [0.15, 0.2) is 18.2 Å². The van der Waals surface area contributed by atoms with Gasteiger partial charge in [-0.15, -0.1) is 0 Å². The Hall–Kier alpha value is -1.53. The first-order valence-electron chi connectivity index (χ1n) is 4.63. The van der Waals surface area contributed by atoms with E-state index in [4.69, 9.17) is 5.73 Å². The number of hydrogen-bond donors (Lipinski definition) is 3. The van der Waals surface area contributed by atoms with Crippen molar-refractivity contribution in [3.05, 3.63) is 35.4 Å². The standard InChI is InChI=1S/C10H12F2N2O2/c11-6-2-1-3-7(12)10(6)8(15)4-14-5-9(13)16/h1-3,8,14-15H,4-5H2,(H2,13,16). The molecule has 0 aliphatic heterocycles. The zero-order valence-electron chi connectivity index (χ0n) is 8.41. The van der Waals surface area contributed by atoms with Crippen molar-refractivity contribution in [3.63, 3.8) is 0 Å². The van der Waals surface area contributed by atoms with Crippen LogP contribution in [0.2, 0.25) is 0 Å². The number of amides is 1. The van der Waals surface area contributed by atoms with Crippen molar-refractivity contribution < 1.29 is 18.7 Å². The molecule has 6 heteroatoms. The van der Waals surface area contributed by atoms with Crippen molar-refractivity contribution in [2.75, 3.05) is 13.1 Å². The number of halogens is 2. The van der Waals surface area contributed by atoms with Crippen LogP contribution in [0.4, 0.5) is 8.78 Å². The normalized spacial score (nSPS) is 12.4. The van der Waals surface area contributed by atoms with Crippen LogP contribution in [0.1, 0.15) is 11.7 Å². The average molecular weight is 230 g/mol. The Bertz CT molecular complexity index is 365. The number of nitrogens with two attached hydrogens (primary N) is 1. The third-order valence-electron chi connectivity index (χ3n) is 1.97. The van der Waals surface area contributed by atoms with Crippen molar-refractivity contribution in [3.8, 4) is 0 Å². The molecule has 4 N–H and O–H groups in total. The number of nitrogens with one attached hydrogen (secondary N) is 1. The molecule has 16 heavy (non-hydrogen) atoms. The van der Waals surface area contributed by atoms with Gasteiger partial charge in [0.25, 0.3) is 0 Å². The molecule has 0 aliphatic rings. The summed E-state index contributed by atoms with van der Waals surface area (Å²) in [5, 5.41) is 12.0.